The number of carbonyl (C=O) groups excluding carboxylic acids is 2. The van der Waals surface area contributed by atoms with E-state index in [9.17, 15) is 9.59 Å². The Morgan fingerprint density at radius 3 is 2.29 bits per heavy atom. The van der Waals surface area contributed by atoms with Crippen LogP contribution in [0.25, 0.3) is 0 Å². The molecule has 1 saturated heterocycles. The molecule has 0 radical (unpaired) electrons. The van der Waals surface area contributed by atoms with Gasteiger partial charge in [0.05, 0.1) is 19.1 Å². The van der Waals surface area contributed by atoms with Crippen LogP contribution in [0.3, 0.4) is 0 Å². The lowest BCUT2D eigenvalue weighted by Crippen LogP contribution is -2.40. The summed E-state index contributed by atoms with van der Waals surface area (Å²) in [7, 11) is 1.39. The minimum Gasteiger partial charge on any atom is -0.465 e. The largest absolute Gasteiger partial charge is 0.465 e. The van der Waals surface area contributed by atoms with Crippen LogP contribution < -0.4 is 0 Å². The highest BCUT2D eigenvalue weighted by Crippen LogP contribution is 2.40. The molecular weight excluding hydrogens is 268 g/mol. The van der Waals surface area contributed by atoms with E-state index in [-0.39, 0.29) is 18.0 Å². The molecule has 1 saturated carbocycles. The minimum absolute atomic E-state index is 0.0551. The SMILES string of the molecule is COC(=O)c1ccc(C2CCC(C3CC(=O)O3)CC2)cc1. The van der Waals surface area contributed by atoms with Crippen molar-refractivity contribution in [1.29, 1.82) is 0 Å². The molecule has 0 aromatic heterocycles. The fraction of sp³-hybridized carbons (Fsp3) is 0.529. The first-order valence-electron chi connectivity index (χ1n) is 7.55. The van der Waals surface area contributed by atoms with E-state index in [4.69, 9.17) is 9.47 Å². The van der Waals surface area contributed by atoms with Gasteiger partial charge in [-0.1, -0.05) is 12.1 Å². The summed E-state index contributed by atoms with van der Waals surface area (Å²) in [5.74, 6) is 0.731. The number of rotatable bonds is 3. The molecule has 1 aliphatic carbocycles. The van der Waals surface area contributed by atoms with Crippen LogP contribution in [0.15, 0.2) is 24.3 Å². The number of cyclic esters (lactones) is 1. The summed E-state index contributed by atoms with van der Waals surface area (Å²) in [6.45, 7) is 0. The Labute approximate surface area is 124 Å². The van der Waals surface area contributed by atoms with E-state index in [1.165, 1.54) is 12.7 Å². The number of esters is 2. The molecule has 1 heterocycles. The van der Waals surface area contributed by atoms with E-state index in [0.717, 1.165) is 25.7 Å². The summed E-state index contributed by atoms with van der Waals surface area (Å²) < 4.78 is 9.89. The van der Waals surface area contributed by atoms with E-state index in [2.05, 4.69) is 0 Å². The maximum Gasteiger partial charge on any atom is 0.337 e. The van der Waals surface area contributed by atoms with Gasteiger partial charge in [0, 0.05) is 0 Å². The van der Waals surface area contributed by atoms with Gasteiger partial charge in [0.25, 0.3) is 0 Å². The summed E-state index contributed by atoms with van der Waals surface area (Å²) in [6, 6.07) is 7.73. The van der Waals surface area contributed by atoms with Crippen LogP contribution in [0, 0.1) is 5.92 Å². The van der Waals surface area contributed by atoms with Gasteiger partial charge < -0.3 is 9.47 Å². The quantitative estimate of drug-likeness (QED) is 0.802. The smallest absolute Gasteiger partial charge is 0.337 e. The predicted molar refractivity (Wildman–Crippen MR) is 77.0 cm³/mol. The summed E-state index contributed by atoms with van der Waals surface area (Å²) in [6.07, 6.45) is 5.23. The molecule has 4 heteroatoms. The number of methoxy groups -OCH3 is 1. The van der Waals surface area contributed by atoms with Crippen molar-refractivity contribution in [2.24, 2.45) is 5.92 Å². The summed E-state index contributed by atoms with van der Waals surface area (Å²) in [5.41, 5.74) is 1.88. The van der Waals surface area contributed by atoms with Gasteiger partial charge in [-0.25, -0.2) is 4.79 Å². The molecule has 1 unspecified atom stereocenters. The Hall–Kier alpha value is -1.84. The van der Waals surface area contributed by atoms with Crippen molar-refractivity contribution in [1.82, 2.24) is 0 Å². The Morgan fingerprint density at radius 2 is 1.76 bits per heavy atom. The lowest BCUT2D eigenvalue weighted by Gasteiger charge is -2.37. The molecule has 1 atom stereocenters. The second-order valence-corrected chi connectivity index (χ2v) is 5.96. The highest BCUT2D eigenvalue weighted by atomic mass is 16.6. The molecule has 1 aliphatic heterocycles. The van der Waals surface area contributed by atoms with E-state index >= 15 is 0 Å². The highest BCUT2D eigenvalue weighted by molar-refractivity contribution is 5.89. The molecule has 112 valence electrons. The summed E-state index contributed by atoms with van der Waals surface area (Å²) >= 11 is 0. The van der Waals surface area contributed by atoms with Gasteiger partial charge in [-0.15, -0.1) is 0 Å². The van der Waals surface area contributed by atoms with Gasteiger partial charge in [0.1, 0.15) is 6.10 Å². The summed E-state index contributed by atoms with van der Waals surface area (Å²) in [5, 5.41) is 0. The lowest BCUT2D eigenvalue weighted by molar-refractivity contribution is -0.176. The first-order chi connectivity index (χ1) is 10.2. The number of benzene rings is 1. The predicted octanol–water partition coefficient (Wildman–Crippen LogP) is 3.06. The van der Waals surface area contributed by atoms with Gasteiger partial charge in [0.15, 0.2) is 0 Å². The van der Waals surface area contributed by atoms with Crippen molar-refractivity contribution in [2.45, 2.75) is 44.1 Å². The normalized spacial score (nSPS) is 28.4. The zero-order valence-corrected chi connectivity index (χ0v) is 12.2. The fourth-order valence-electron chi connectivity index (χ4n) is 3.42. The number of hydrogen-bond acceptors (Lipinski definition) is 4. The van der Waals surface area contributed by atoms with Crippen LogP contribution in [-0.2, 0) is 14.3 Å². The van der Waals surface area contributed by atoms with Crippen molar-refractivity contribution in [3.05, 3.63) is 35.4 Å². The third-order valence-electron chi connectivity index (χ3n) is 4.75. The van der Waals surface area contributed by atoms with Crippen LogP contribution in [0.4, 0.5) is 0 Å². The second kappa shape index (κ2) is 5.88. The average Bonchev–Trinajstić information content (AvgIpc) is 2.51. The molecule has 3 rings (SSSR count). The first kappa shape index (κ1) is 14.1. The van der Waals surface area contributed by atoms with E-state index < -0.39 is 0 Å². The van der Waals surface area contributed by atoms with E-state index in [0.29, 0.717) is 23.8 Å². The molecule has 21 heavy (non-hydrogen) atoms. The Kier molecular flexibility index (Phi) is 3.95. The third kappa shape index (κ3) is 2.94. The van der Waals surface area contributed by atoms with Crippen LogP contribution in [-0.4, -0.2) is 25.2 Å². The van der Waals surface area contributed by atoms with Crippen LogP contribution >= 0.6 is 0 Å². The maximum atomic E-state index is 11.4. The molecule has 0 bridgehead atoms. The van der Waals surface area contributed by atoms with Crippen LogP contribution in [0.2, 0.25) is 0 Å². The minimum atomic E-state index is -0.294. The number of carbonyl (C=O) groups is 2. The molecule has 0 spiro atoms. The van der Waals surface area contributed by atoms with Crippen molar-refractivity contribution in [2.75, 3.05) is 7.11 Å². The van der Waals surface area contributed by atoms with Crippen molar-refractivity contribution in [3.8, 4) is 0 Å². The molecular formula is C17H20O4. The van der Waals surface area contributed by atoms with Gasteiger partial charge in [-0.3, -0.25) is 4.79 Å². The number of hydrogen-bond donors (Lipinski definition) is 0. The Morgan fingerprint density at radius 1 is 1.14 bits per heavy atom. The average molecular weight is 288 g/mol. The molecule has 2 fully saturated rings. The molecule has 0 N–H and O–H groups in total. The molecule has 2 aliphatic rings. The monoisotopic (exact) mass is 288 g/mol. The van der Waals surface area contributed by atoms with Crippen LogP contribution in [0.5, 0.6) is 0 Å². The molecule has 1 aromatic carbocycles. The van der Waals surface area contributed by atoms with Gasteiger partial charge in [0.2, 0.25) is 0 Å². The first-order valence-corrected chi connectivity index (χ1v) is 7.55. The lowest BCUT2D eigenvalue weighted by atomic mass is 9.75. The molecule has 0 amide bonds. The van der Waals surface area contributed by atoms with Crippen molar-refractivity contribution in [3.63, 3.8) is 0 Å². The standard InChI is InChI=1S/C17H20O4/c1-20-17(19)14-8-4-12(5-9-14)11-2-6-13(7-3-11)15-10-16(18)21-15/h4-5,8-9,11,13,15H,2-3,6-7,10H2,1H3. The molecule has 1 aromatic rings. The van der Waals surface area contributed by atoms with Gasteiger partial charge in [-0.05, 0) is 55.2 Å². The Bertz CT molecular complexity index is 518. The van der Waals surface area contributed by atoms with Gasteiger partial charge in [-0.2, -0.15) is 0 Å². The summed E-state index contributed by atoms with van der Waals surface area (Å²) in [4.78, 5) is 22.3. The van der Waals surface area contributed by atoms with Crippen molar-refractivity contribution < 1.29 is 19.1 Å². The van der Waals surface area contributed by atoms with Crippen LogP contribution in [0.1, 0.15) is 53.9 Å². The second-order valence-electron chi connectivity index (χ2n) is 5.96. The van der Waals surface area contributed by atoms with Crippen molar-refractivity contribution >= 4 is 11.9 Å². The zero-order valence-electron chi connectivity index (χ0n) is 12.2. The Balaban J connectivity index is 1.56. The van der Waals surface area contributed by atoms with E-state index in [1.807, 2.05) is 24.3 Å². The molecule has 4 nitrogen and oxygen atoms in total. The third-order valence-corrected chi connectivity index (χ3v) is 4.75. The zero-order chi connectivity index (χ0) is 14.8. The maximum absolute atomic E-state index is 11.4. The number of ether oxygens (including phenoxy) is 2. The van der Waals surface area contributed by atoms with Gasteiger partial charge >= 0.3 is 11.9 Å². The van der Waals surface area contributed by atoms with E-state index in [1.54, 1.807) is 0 Å². The topological polar surface area (TPSA) is 52.6 Å². The fourth-order valence-corrected chi connectivity index (χ4v) is 3.42. The highest BCUT2D eigenvalue weighted by Gasteiger charge is 2.37.